The summed E-state index contributed by atoms with van der Waals surface area (Å²) in [4.78, 5) is 41.2. The molecule has 132 valence electrons. The van der Waals surface area contributed by atoms with E-state index in [1.807, 2.05) is 30.7 Å². The molecule has 0 saturated carbocycles. The van der Waals surface area contributed by atoms with Crippen LogP contribution in [0.4, 0.5) is 0 Å². The van der Waals surface area contributed by atoms with Gasteiger partial charge >= 0.3 is 5.69 Å². The number of nitrogens with one attached hydrogen (secondary N) is 1. The summed E-state index contributed by atoms with van der Waals surface area (Å²) in [6, 6.07) is 3.88. The minimum Gasteiger partial charge on any atom is -0.350 e. The lowest BCUT2D eigenvalue weighted by Gasteiger charge is -2.10. The molecule has 0 atom stereocenters. The van der Waals surface area contributed by atoms with Gasteiger partial charge in [-0.05, 0) is 19.1 Å². The Morgan fingerprint density at radius 1 is 1.16 bits per heavy atom. The molecule has 3 aromatic heterocycles. The van der Waals surface area contributed by atoms with Crippen molar-refractivity contribution in [1.29, 1.82) is 0 Å². The van der Waals surface area contributed by atoms with Crippen LogP contribution in [-0.4, -0.2) is 29.2 Å². The van der Waals surface area contributed by atoms with E-state index in [0.29, 0.717) is 12.2 Å². The lowest BCUT2D eigenvalue weighted by molar-refractivity contribution is -0.122. The van der Waals surface area contributed by atoms with Crippen LogP contribution >= 0.6 is 0 Å². The van der Waals surface area contributed by atoms with Crippen LogP contribution < -0.4 is 16.6 Å². The molecule has 0 radical (unpaired) electrons. The summed E-state index contributed by atoms with van der Waals surface area (Å²) in [5.41, 5.74) is 1.51. The molecule has 3 heterocycles. The van der Waals surface area contributed by atoms with Gasteiger partial charge in [-0.2, -0.15) is 0 Å². The van der Waals surface area contributed by atoms with Crippen LogP contribution in [0.5, 0.6) is 0 Å². The summed E-state index contributed by atoms with van der Waals surface area (Å²) in [7, 11) is 5.11. The summed E-state index contributed by atoms with van der Waals surface area (Å²) in [5.74, 6) is -0.403. The topological polar surface area (TPSA) is 95.8 Å². The van der Waals surface area contributed by atoms with Crippen molar-refractivity contribution in [1.82, 2.24) is 28.6 Å². The first-order valence-corrected chi connectivity index (χ1v) is 7.80. The molecule has 1 N–H and O–H groups in total. The Bertz CT molecular complexity index is 1080. The Hall–Kier alpha value is -3.10. The fraction of sp³-hybridized carbons (Fsp3) is 0.375. The Balaban J connectivity index is 1.86. The third-order valence-corrected chi connectivity index (χ3v) is 4.45. The molecule has 0 aromatic carbocycles. The number of aromatic nitrogens is 5. The van der Waals surface area contributed by atoms with Gasteiger partial charge in [-0.3, -0.25) is 14.2 Å². The van der Waals surface area contributed by atoms with E-state index in [4.69, 9.17) is 0 Å². The molecule has 0 fully saturated rings. The van der Waals surface area contributed by atoms with E-state index in [1.54, 1.807) is 7.05 Å². The van der Waals surface area contributed by atoms with Crippen LogP contribution in [0.15, 0.2) is 28.0 Å². The standard InChI is InChI=1S/C16H20N6O3/c1-10-5-6-11(20(10)3)7-17-12(23)8-22-15(24)13-14(18-9-19(13)2)21(4)16(22)25/h5-6,9H,7-8H2,1-4H3,(H,17,23). The SMILES string of the molecule is Cc1ccc(CNC(=O)Cn2c(=O)c3c(ncn3C)n(C)c2=O)n1C. The smallest absolute Gasteiger partial charge is 0.332 e. The third kappa shape index (κ3) is 2.77. The molecule has 1 amide bonds. The third-order valence-electron chi connectivity index (χ3n) is 4.45. The first kappa shape index (κ1) is 16.7. The van der Waals surface area contributed by atoms with Crippen LogP contribution in [0, 0.1) is 6.92 Å². The molecule has 0 bridgehead atoms. The van der Waals surface area contributed by atoms with Gasteiger partial charge in [0.15, 0.2) is 11.2 Å². The summed E-state index contributed by atoms with van der Waals surface area (Å²) < 4.78 is 5.70. The quantitative estimate of drug-likeness (QED) is 0.683. The van der Waals surface area contributed by atoms with Gasteiger partial charge < -0.3 is 14.5 Å². The molecular formula is C16H20N6O3. The number of hydrogen-bond acceptors (Lipinski definition) is 4. The van der Waals surface area contributed by atoms with Crippen LogP contribution in [0.25, 0.3) is 11.2 Å². The molecule has 0 aliphatic rings. The van der Waals surface area contributed by atoms with Crippen molar-refractivity contribution in [3.8, 4) is 0 Å². The molecule has 0 saturated heterocycles. The van der Waals surface area contributed by atoms with Gasteiger partial charge in [0.2, 0.25) is 5.91 Å². The van der Waals surface area contributed by atoms with E-state index in [1.165, 1.54) is 22.5 Å². The molecule has 3 rings (SSSR count). The van der Waals surface area contributed by atoms with Crippen molar-refractivity contribution in [2.24, 2.45) is 21.1 Å². The fourth-order valence-corrected chi connectivity index (χ4v) is 2.77. The van der Waals surface area contributed by atoms with Crippen molar-refractivity contribution in [3.05, 3.63) is 50.7 Å². The lowest BCUT2D eigenvalue weighted by Crippen LogP contribution is -2.43. The van der Waals surface area contributed by atoms with Crippen LogP contribution in [0.3, 0.4) is 0 Å². The largest absolute Gasteiger partial charge is 0.350 e. The summed E-state index contributed by atoms with van der Waals surface area (Å²) in [6.07, 6.45) is 1.47. The highest BCUT2D eigenvalue weighted by Crippen LogP contribution is 2.05. The van der Waals surface area contributed by atoms with Crippen molar-refractivity contribution < 1.29 is 4.79 Å². The van der Waals surface area contributed by atoms with Crippen molar-refractivity contribution in [3.63, 3.8) is 0 Å². The van der Waals surface area contributed by atoms with Gasteiger partial charge in [0, 0.05) is 32.5 Å². The van der Waals surface area contributed by atoms with E-state index in [-0.39, 0.29) is 12.1 Å². The Morgan fingerprint density at radius 3 is 2.52 bits per heavy atom. The number of fused-ring (bicyclic) bond motifs is 1. The molecule has 0 spiro atoms. The van der Waals surface area contributed by atoms with Crippen molar-refractivity contribution in [2.75, 3.05) is 0 Å². The van der Waals surface area contributed by atoms with E-state index in [0.717, 1.165) is 16.0 Å². The van der Waals surface area contributed by atoms with Crippen molar-refractivity contribution in [2.45, 2.75) is 20.0 Å². The maximum absolute atomic E-state index is 12.6. The van der Waals surface area contributed by atoms with Gasteiger partial charge in [-0.25, -0.2) is 14.3 Å². The maximum atomic E-state index is 12.6. The number of aryl methyl sites for hydroxylation is 3. The minimum absolute atomic E-state index is 0.285. The highest BCUT2D eigenvalue weighted by molar-refractivity contribution is 5.76. The lowest BCUT2D eigenvalue weighted by atomic mass is 10.4. The fourth-order valence-electron chi connectivity index (χ4n) is 2.77. The number of amides is 1. The number of hydrogen-bond donors (Lipinski definition) is 1. The first-order chi connectivity index (χ1) is 11.8. The zero-order valence-electron chi connectivity index (χ0n) is 14.6. The second-order valence-corrected chi connectivity index (χ2v) is 6.06. The zero-order valence-corrected chi connectivity index (χ0v) is 14.6. The molecule has 0 aliphatic carbocycles. The van der Waals surface area contributed by atoms with Crippen LogP contribution in [-0.2, 0) is 39.0 Å². The van der Waals surface area contributed by atoms with Crippen LogP contribution in [0.2, 0.25) is 0 Å². The van der Waals surface area contributed by atoms with Gasteiger partial charge in [-0.15, -0.1) is 0 Å². The highest BCUT2D eigenvalue weighted by atomic mass is 16.2. The Labute approximate surface area is 143 Å². The van der Waals surface area contributed by atoms with Gasteiger partial charge in [0.25, 0.3) is 5.56 Å². The minimum atomic E-state index is -0.568. The molecule has 25 heavy (non-hydrogen) atoms. The molecular weight excluding hydrogens is 324 g/mol. The summed E-state index contributed by atoms with van der Waals surface area (Å²) in [6.45, 7) is 1.96. The van der Waals surface area contributed by atoms with Gasteiger partial charge in [0.1, 0.15) is 6.54 Å². The number of nitrogens with zero attached hydrogens (tertiary/aromatic N) is 5. The zero-order chi connectivity index (χ0) is 18.3. The molecule has 3 aromatic rings. The first-order valence-electron chi connectivity index (χ1n) is 7.80. The van der Waals surface area contributed by atoms with Gasteiger partial charge in [0.05, 0.1) is 12.9 Å². The average molecular weight is 344 g/mol. The van der Waals surface area contributed by atoms with E-state index in [9.17, 15) is 14.4 Å². The molecule has 0 aliphatic heterocycles. The van der Waals surface area contributed by atoms with Crippen LogP contribution in [0.1, 0.15) is 11.4 Å². The predicted octanol–water partition coefficient (Wildman–Crippen LogP) is -0.603. The average Bonchev–Trinajstić information content (AvgIpc) is 3.11. The van der Waals surface area contributed by atoms with E-state index in [2.05, 4.69) is 10.3 Å². The molecule has 9 heteroatoms. The maximum Gasteiger partial charge on any atom is 0.332 e. The monoisotopic (exact) mass is 344 g/mol. The van der Waals surface area contributed by atoms with E-state index < -0.39 is 17.2 Å². The normalized spacial score (nSPS) is 11.2. The summed E-state index contributed by atoms with van der Waals surface area (Å²) >= 11 is 0. The highest BCUT2D eigenvalue weighted by Gasteiger charge is 2.17. The molecule has 9 nitrogen and oxygen atoms in total. The van der Waals surface area contributed by atoms with E-state index >= 15 is 0 Å². The number of carbonyl (C=O) groups excluding carboxylic acids is 1. The van der Waals surface area contributed by atoms with Crippen molar-refractivity contribution >= 4 is 17.1 Å². The predicted molar refractivity (Wildman–Crippen MR) is 92.2 cm³/mol. The molecule has 0 unspecified atom stereocenters. The Kier molecular flexibility index (Phi) is 4.07. The van der Waals surface area contributed by atoms with Gasteiger partial charge in [-0.1, -0.05) is 0 Å². The number of imidazole rings is 1. The number of rotatable bonds is 4. The second kappa shape index (κ2) is 6.08. The second-order valence-electron chi connectivity index (χ2n) is 6.06. The Morgan fingerprint density at radius 2 is 1.88 bits per heavy atom. The summed E-state index contributed by atoms with van der Waals surface area (Å²) in [5, 5.41) is 2.74. The number of carbonyl (C=O) groups is 1.